The fourth-order valence-electron chi connectivity index (χ4n) is 9.32. The van der Waals surface area contributed by atoms with E-state index >= 15 is 4.79 Å². The van der Waals surface area contributed by atoms with E-state index in [1.165, 1.54) is 66.5 Å². The van der Waals surface area contributed by atoms with Crippen LogP contribution in [0.2, 0.25) is 0 Å². The second-order valence-electron chi connectivity index (χ2n) is 14.1. The van der Waals surface area contributed by atoms with Gasteiger partial charge in [-0.05, 0) is 0 Å². The second kappa shape index (κ2) is 10.4. The maximum atomic E-state index is 15.3. The molecule has 7 rings (SSSR count). The van der Waals surface area contributed by atoms with Gasteiger partial charge in [-0.25, -0.2) is 0 Å². The Hall–Kier alpha value is -1.92. The van der Waals surface area contributed by atoms with Crippen molar-refractivity contribution in [2.45, 2.75) is 112 Å². The Bertz CT molecular complexity index is 1210. The molecule has 5 fully saturated rings. The van der Waals surface area contributed by atoms with Crippen LogP contribution in [0.15, 0.2) is 36.4 Å². The summed E-state index contributed by atoms with van der Waals surface area (Å²) in [5.74, 6) is 2.40. The van der Waals surface area contributed by atoms with Crippen LogP contribution < -0.4 is 8.58 Å². The predicted octanol–water partition coefficient (Wildman–Crippen LogP) is 7.28. The van der Waals surface area contributed by atoms with Gasteiger partial charge >= 0.3 is 250 Å². The molecule has 5 aliphatic rings. The van der Waals surface area contributed by atoms with E-state index in [-0.39, 0.29) is 30.8 Å². The van der Waals surface area contributed by atoms with Crippen LogP contribution in [0, 0.1) is 45.4 Å². The Kier molecular flexibility index (Phi) is 7.34. The number of carbonyl (C=O) groups is 1. The van der Waals surface area contributed by atoms with Crippen molar-refractivity contribution in [1.29, 1.82) is 0 Å². The van der Waals surface area contributed by atoms with Crippen molar-refractivity contribution in [3.8, 4) is 0 Å². The van der Waals surface area contributed by atoms with E-state index in [0.29, 0.717) is 0 Å². The second-order valence-corrected chi connectivity index (χ2v) is 16.4. The summed E-state index contributed by atoms with van der Waals surface area (Å²) in [6.45, 7) is 18.1. The number of aryl methyl sites for hydroxylation is 4. The molecule has 212 valence electrons. The van der Waals surface area contributed by atoms with Gasteiger partial charge in [0, 0.05) is 0 Å². The molecule has 1 saturated heterocycles. The van der Waals surface area contributed by atoms with Crippen LogP contribution in [-0.4, -0.2) is 55.3 Å². The fourth-order valence-corrected chi connectivity index (χ4v) is 12.9. The van der Waals surface area contributed by atoms with E-state index in [4.69, 9.17) is 0 Å². The first kappa shape index (κ1) is 28.2. The minimum absolute atomic E-state index is 0.0287. The van der Waals surface area contributed by atoms with Crippen LogP contribution in [-0.2, 0) is 0 Å². The molecule has 1 aliphatic heterocycles. The summed E-state index contributed by atoms with van der Waals surface area (Å²) in [6.07, 6.45) is 7.79. The average molecular weight is 599 g/mol. The van der Waals surface area contributed by atoms with Gasteiger partial charge in [0.2, 0.25) is 0 Å². The number of carbonyl (C=O) groups excluding carboxylic acids is 1. The van der Waals surface area contributed by atoms with Gasteiger partial charge in [-0.2, -0.15) is 0 Å². The molecule has 0 unspecified atom stereocenters. The van der Waals surface area contributed by atoms with Crippen LogP contribution >= 0.6 is 0 Å². The molecule has 5 nitrogen and oxygen atoms in total. The molecular weight excluding hydrogens is 552 g/mol. The molecule has 4 aliphatic carbocycles. The Labute approximate surface area is 249 Å². The van der Waals surface area contributed by atoms with Crippen LogP contribution in [0.5, 0.6) is 0 Å². The van der Waals surface area contributed by atoms with E-state index in [0.717, 1.165) is 23.4 Å². The van der Waals surface area contributed by atoms with Crippen molar-refractivity contribution in [3.05, 3.63) is 58.7 Å². The van der Waals surface area contributed by atoms with Gasteiger partial charge in [-0.3, -0.25) is 0 Å². The van der Waals surface area contributed by atoms with E-state index in [2.05, 4.69) is 109 Å². The topological polar surface area (TPSA) is 30.0 Å². The average Bonchev–Trinajstić information content (AvgIpc) is 2.85. The molecular formula is C33H47BGeN4O. The molecule has 4 bridgehead atoms. The molecule has 40 heavy (non-hydrogen) atoms. The van der Waals surface area contributed by atoms with E-state index in [1.807, 2.05) is 0 Å². The summed E-state index contributed by atoms with van der Waals surface area (Å²) in [5.41, 5.74) is 7.43. The summed E-state index contributed by atoms with van der Waals surface area (Å²) in [4.78, 5) is 20.1. The predicted molar refractivity (Wildman–Crippen MR) is 169 cm³/mol. The van der Waals surface area contributed by atoms with Gasteiger partial charge < -0.3 is 0 Å². The summed E-state index contributed by atoms with van der Waals surface area (Å²) in [5, 5.41) is 0. The summed E-state index contributed by atoms with van der Waals surface area (Å²) in [6, 6.07) is 14.0. The van der Waals surface area contributed by atoms with Crippen LogP contribution in [0.4, 0.5) is 16.2 Å². The van der Waals surface area contributed by atoms with E-state index < -0.39 is 15.9 Å². The summed E-state index contributed by atoms with van der Waals surface area (Å²) in [7, 11) is -0.155. The molecule has 0 spiro atoms. The first-order chi connectivity index (χ1) is 19.0. The molecule has 7 heteroatoms. The Morgan fingerprint density at radius 1 is 0.775 bits per heavy atom. The Morgan fingerprint density at radius 2 is 1.20 bits per heavy atom. The van der Waals surface area contributed by atoms with Crippen LogP contribution in [0.25, 0.3) is 0 Å². The quantitative estimate of drug-likeness (QED) is 0.328. The number of para-hydroxylation sites is 2. The van der Waals surface area contributed by atoms with Gasteiger partial charge in [-0.15, -0.1) is 0 Å². The fraction of sp³-hybridized carbons (Fsp3) is 0.606. The van der Waals surface area contributed by atoms with Crippen LogP contribution in [0.1, 0.15) is 88.5 Å². The molecule has 0 atom stereocenters. The first-order valence-corrected chi connectivity index (χ1v) is 17.5. The molecule has 4 saturated carbocycles. The van der Waals surface area contributed by atoms with Crippen LogP contribution in [0.3, 0.4) is 0 Å². The van der Waals surface area contributed by atoms with Crippen molar-refractivity contribution in [2.75, 3.05) is 8.58 Å². The van der Waals surface area contributed by atoms with Gasteiger partial charge in [0.25, 0.3) is 0 Å². The van der Waals surface area contributed by atoms with E-state index in [1.54, 1.807) is 0 Å². The number of hydrogen-bond donors (Lipinski definition) is 0. The zero-order valence-electron chi connectivity index (χ0n) is 25.9. The SMILES string of the molecule is Cc1cccc(C)c1[N]1[Ge][N](C23CC4CC(CC(C4)C2)C3)C(=O)N(c2c(C)cccc2C)B1N(C(C)C)C(C)C. The molecule has 0 aromatic heterocycles. The monoisotopic (exact) mass is 600 g/mol. The summed E-state index contributed by atoms with van der Waals surface area (Å²) < 4.78 is 5.21. The summed E-state index contributed by atoms with van der Waals surface area (Å²) >= 11 is -0.958. The van der Waals surface area contributed by atoms with Crippen molar-refractivity contribution in [3.63, 3.8) is 0 Å². The van der Waals surface area contributed by atoms with Gasteiger partial charge in [0.15, 0.2) is 0 Å². The number of amides is 2. The minimum atomic E-state index is -0.958. The number of anilines is 2. The van der Waals surface area contributed by atoms with Crippen molar-refractivity contribution < 1.29 is 4.79 Å². The Morgan fingerprint density at radius 3 is 1.62 bits per heavy atom. The standard InChI is InChI=1S/C33H47BGeN4O/c1-21(2)36(22(3)4)34-37(30-23(5)11-9-12-24(30)6)32(40)38(35-39(34)31-25(7)13-10-14-26(31)8)33-18-27-15-28(19-33)17-29(16-27)20-33/h9-14,21-22,27-29H,15-20H2,1-8H3. The van der Waals surface area contributed by atoms with Crippen molar-refractivity contribution >= 4 is 40.4 Å². The first-order valence-electron chi connectivity index (χ1n) is 15.6. The van der Waals surface area contributed by atoms with Gasteiger partial charge in [0.1, 0.15) is 0 Å². The van der Waals surface area contributed by atoms with Crippen molar-refractivity contribution in [2.24, 2.45) is 17.8 Å². The van der Waals surface area contributed by atoms with Gasteiger partial charge in [0.05, 0.1) is 0 Å². The normalized spacial score (nSPS) is 28.2. The van der Waals surface area contributed by atoms with Gasteiger partial charge in [-0.1, -0.05) is 0 Å². The number of hydrogen-bond acceptors (Lipinski definition) is 3. The zero-order chi connectivity index (χ0) is 28.5. The van der Waals surface area contributed by atoms with Crippen molar-refractivity contribution in [1.82, 2.24) is 8.67 Å². The van der Waals surface area contributed by atoms with E-state index in [9.17, 15) is 0 Å². The number of rotatable bonds is 6. The number of nitrogens with zero attached hydrogens (tertiary/aromatic N) is 4. The third-order valence-electron chi connectivity index (χ3n) is 10.4. The Balaban J connectivity index is 1.58. The third kappa shape index (κ3) is 4.52. The third-order valence-corrected chi connectivity index (χ3v) is 13.6. The molecule has 1 heterocycles. The molecule has 2 aromatic rings. The molecule has 2 radical (unpaired) electrons. The molecule has 0 N–H and O–H groups in total. The maximum absolute atomic E-state index is 15.3. The molecule has 2 aromatic carbocycles. The zero-order valence-corrected chi connectivity index (χ0v) is 28.0. The molecule has 2 amide bonds. The number of benzene rings is 2. The number of urea groups is 1.